The van der Waals surface area contributed by atoms with Crippen LogP contribution in [0, 0.1) is 0 Å². The van der Waals surface area contributed by atoms with Crippen molar-refractivity contribution in [3.05, 3.63) is 46.3 Å². The van der Waals surface area contributed by atoms with Gasteiger partial charge in [-0.1, -0.05) is 29.8 Å². The fraction of sp³-hybridized carbons (Fsp3) is 0.550. The van der Waals surface area contributed by atoms with E-state index in [4.69, 9.17) is 16.3 Å². The van der Waals surface area contributed by atoms with Crippen molar-refractivity contribution in [1.82, 2.24) is 9.62 Å². The Kier molecular flexibility index (Phi) is 7.92. The number of sulfonamides is 1. The lowest BCUT2D eigenvalue weighted by atomic mass is 10.1. The van der Waals surface area contributed by atoms with Crippen LogP contribution >= 0.6 is 11.6 Å². The highest BCUT2D eigenvalue weighted by Gasteiger charge is 2.31. The van der Waals surface area contributed by atoms with Crippen LogP contribution in [-0.2, 0) is 21.3 Å². The number of hydrogen-bond donors (Lipinski definition) is 1. The number of nitrogens with zero attached hydrogens (tertiary/aromatic N) is 1. The van der Waals surface area contributed by atoms with Crippen molar-refractivity contribution in [2.45, 2.75) is 64.6 Å². The smallest absolute Gasteiger partial charge is 0.410 e. The molecule has 1 amide bonds. The molecule has 6 nitrogen and oxygen atoms in total. The van der Waals surface area contributed by atoms with Crippen LogP contribution in [0.1, 0.15) is 52.0 Å². The molecule has 1 aromatic rings. The first-order valence-electron chi connectivity index (χ1n) is 9.46. The molecule has 0 spiro atoms. The number of likely N-dealkylation sites (tertiary alicyclic amines) is 1. The molecule has 0 saturated carbocycles. The Morgan fingerprint density at radius 2 is 2.00 bits per heavy atom. The molecule has 1 heterocycles. The fourth-order valence-electron chi connectivity index (χ4n) is 3.01. The summed E-state index contributed by atoms with van der Waals surface area (Å²) in [5, 5.41) is 1.80. The molecule has 0 radical (unpaired) electrons. The zero-order valence-corrected chi connectivity index (χ0v) is 18.2. The van der Waals surface area contributed by atoms with Crippen molar-refractivity contribution in [3.8, 4) is 0 Å². The van der Waals surface area contributed by atoms with Gasteiger partial charge in [-0.25, -0.2) is 17.9 Å². The number of ether oxygens (including phenoxy) is 1. The molecule has 28 heavy (non-hydrogen) atoms. The van der Waals surface area contributed by atoms with Crippen molar-refractivity contribution in [2.75, 3.05) is 6.54 Å². The van der Waals surface area contributed by atoms with E-state index in [1.165, 1.54) is 5.41 Å². The normalized spacial score (nSPS) is 18.0. The van der Waals surface area contributed by atoms with Gasteiger partial charge in [-0.3, -0.25) is 0 Å². The lowest BCUT2D eigenvalue weighted by Crippen LogP contribution is -2.39. The van der Waals surface area contributed by atoms with E-state index in [0.29, 0.717) is 24.4 Å². The largest absolute Gasteiger partial charge is 0.444 e. The van der Waals surface area contributed by atoms with E-state index in [9.17, 15) is 13.2 Å². The van der Waals surface area contributed by atoms with Gasteiger partial charge in [-0.15, -0.1) is 0 Å². The third-order valence-corrected chi connectivity index (χ3v) is 5.69. The predicted molar refractivity (Wildman–Crippen MR) is 112 cm³/mol. The summed E-state index contributed by atoms with van der Waals surface area (Å²) in [6.45, 7) is 6.44. The third-order valence-electron chi connectivity index (χ3n) is 4.34. The number of carbonyl (C=O) groups is 1. The highest BCUT2D eigenvalue weighted by Crippen LogP contribution is 2.24. The second-order valence-corrected chi connectivity index (χ2v) is 10.00. The molecule has 2 rings (SSSR count). The number of carbonyl (C=O) groups excluding carboxylic acids is 1. The van der Waals surface area contributed by atoms with Crippen LogP contribution in [0.2, 0.25) is 5.02 Å². The van der Waals surface area contributed by atoms with Crippen molar-refractivity contribution in [1.29, 1.82) is 0 Å². The molecule has 0 bridgehead atoms. The third kappa shape index (κ3) is 7.81. The molecule has 1 atom stereocenters. The van der Waals surface area contributed by atoms with Gasteiger partial charge in [-0.2, -0.15) is 0 Å². The average Bonchev–Trinajstić information content (AvgIpc) is 3.05. The highest BCUT2D eigenvalue weighted by atomic mass is 35.5. The second-order valence-electron chi connectivity index (χ2n) is 7.91. The van der Waals surface area contributed by atoms with Crippen LogP contribution in [0.3, 0.4) is 0 Å². The molecule has 0 aromatic heterocycles. The molecule has 1 aliphatic heterocycles. The van der Waals surface area contributed by atoms with E-state index < -0.39 is 15.6 Å². The number of nitrogens with one attached hydrogen (secondary N) is 1. The number of amides is 1. The van der Waals surface area contributed by atoms with Gasteiger partial charge < -0.3 is 9.64 Å². The van der Waals surface area contributed by atoms with Gasteiger partial charge in [-0.05, 0) is 64.2 Å². The van der Waals surface area contributed by atoms with E-state index in [2.05, 4.69) is 4.72 Å². The van der Waals surface area contributed by atoms with E-state index in [-0.39, 0.29) is 18.7 Å². The molecule has 1 saturated heterocycles. The zero-order valence-electron chi connectivity index (χ0n) is 16.7. The van der Waals surface area contributed by atoms with E-state index in [1.54, 1.807) is 35.2 Å². The van der Waals surface area contributed by atoms with Gasteiger partial charge in [0.25, 0.3) is 0 Å². The number of benzene rings is 1. The molecule has 0 aliphatic carbocycles. The Morgan fingerprint density at radius 1 is 1.32 bits per heavy atom. The summed E-state index contributed by atoms with van der Waals surface area (Å²) in [5.74, 6) is 0. The van der Waals surface area contributed by atoms with Crippen molar-refractivity contribution in [2.24, 2.45) is 0 Å². The zero-order chi connectivity index (χ0) is 20.8. The number of hydrogen-bond acceptors (Lipinski definition) is 4. The summed E-state index contributed by atoms with van der Waals surface area (Å²) >= 11 is 5.82. The molecular weight excluding hydrogens is 400 g/mol. The second kappa shape index (κ2) is 9.76. The fourth-order valence-corrected chi connectivity index (χ4v) is 3.99. The summed E-state index contributed by atoms with van der Waals surface area (Å²) in [7, 11) is -3.51. The molecule has 0 unspecified atom stereocenters. The summed E-state index contributed by atoms with van der Waals surface area (Å²) in [5.41, 5.74) is 0.314. The maximum atomic E-state index is 12.3. The summed E-state index contributed by atoms with van der Waals surface area (Å²) in [4.78, 5) is 14.0. The Labute approximate surface area is 172 Å². The first kappa shape index (κ1) is 22.7. The standard InChI is InChI=1S/C20H29ClN2O4S/c1-20(2,3)27-19(24)23-13-6-8-18(23)7-4-5-14-28(25,26)22-15-16-9-11-17(21)12-10-16/h5,9-12,14,18,22H,4,6-8,13,15H2,1-3H3/t18-/m0/s1. The highest BCUT2D eigenvalue weighted by molar-refractivity contribution is 7.92. The SMILES string of the molecule is CC(C)(C)OC(=O)N1CCC[C@@H]1CCC=CS(=O)(=O)NCc1ccc(Cl)cc1. The Morgan fingerprint density at radius 3 is 2.64 bits per heavy atom. The lowest BCUT2D eigenvalue weighted by molar-refractivity contribution is 0.0221. The van der Waals surface area contributed by atoms with E-state index >= 15 is 0 Å². The van der Waals surface area contributed by atoms with E-state index in [0.717, 1.165) is 18.4 Å². The molecule has 1 N–H and O–H groups in total. The minimum Gasteiger partial charge on any atom is -0.444 e. The van der Waals surface area contributed by atoms with Crippen molar-refractivity contribution < 1.29 is 17.9 Å². The Bertz CT molecular complexity index is 785. The molecule has 8 heteroatoms. The maximum Gasteiger partial charge on any atom is 0.410 e. The van der Waals surface area contributed by atoms with Crippen molar-refractivity contribution >= 4 is 27.7 Å². The molecule has 1 fully saturated rings. The summed E-state index contributed by atoms with van der Waals surface area (Å²) in [6, 6.07) is 7.09. The molecular formula is C20H29ClN2O4S. The average molecular weight is 429 g/mol. The van der Waals surface area contributed by atoms with Gasteiger partial charge in [0.2, 0.25) is 10.0 Å². The van der Waals surface area contributed by atoms with Crippen LogP contribution < -0.4 is 4.72 Å². The van der Waals surface area contributed by atoms with Gasteiger partial charge in [0.1, 0.15) is 5.60 Å². The van der Waals surface area contributed by atoms with Crippen molar-refractivity contribution in [3.63, 3.8) is 0 Å². The number of rotatable bonds is 7. The minimum absolute atomic E-state index is 0.0873. The Hall–Kier alpha value is -1.57. The molecule has 1 aromatic carbocycles. The minimum atomic E-state index is -3.51. The predicted octanol–water partition coefficient (Wildman–Crippen LogP) is 4.45. The first-order chi connectivity index (χ1) is 13.1. The van der Waals surface area contributed by atoms with Crippen LogP contribution in [0.15, 0.2) is 35.7 Å². The molecule has 156 valence electrons. The van der Waals surface area contributed by atoms with Crippen LogP contribution in [0.4, 0.5) is 4.79 Å². The van der Waals surface area contributed by atoms with Crippen LogP contribution in [-0.4, -0.2) is 37.6 Å². The number of allylic oxidation sites excluding steroid dienone is 1. The monoisotopic (exact) mass is 428 g/mol. The first-order valence-corrected chi connectivity index (χ1v) is 11.4. The Balaban J connectivity index is 1.79. The maximum absolute atomic E-state index is 12.3. The van der Waals surface area contributed by atoms with Gasteiger partial charge in [0.15, 0.2) is 0 Å². The molecule has 1 aliphatic rings. The quantitative estimate of drug-likeness (QED) is 0.695. The van der Waals surface area contributed by atoms with Crippen LogP contribution in [0.25, 0.3) is 0 Å². The number of halogens is 1. The summed E-state index contributed by atoms with van der Waals surface area (Å²) in [6.07, 6.45) is 4.48. The lowest BCUT2D eigenvalue weighted by Gasteiger charge is -2.28. The van der Waals surface area contributed by atoms with Gasteiger partial charge in [0.05, 0.1) is 0 Å². The van der Waals surface area contributed by atoms with Gasteiger partial charge >= 0.3 is 6.09 Å². The van der Waals surface area contributed by atoms with Gasteiger partial charge in [0, 0.05) is 29.6 Å². The topological polar surface area (TPSA) is 75.7 Å². The summed E-state index contributed by atoms with van der Waals surface area (Å²) < 4.78 is 32.2. The van der Waals surface area contributed by atoms with Crippen LogP contribution in [0.5, 0.6) is 0 Å². The van der Waals surface area contributed by atoms with E-state index in [1.807, 2.05) is 20.8 Å².